The van der Waals surface area contributed by atoms with Crippen LogP contribution in [0.25, 0.3) is 0 Å². The summed E-state index contributed by atoms with van der Waals surface area (Å²) in [6.07, 6.45) is 1.36. The number of sulfonamides is 1. The summed E-state index contributed by atoms with van der Waals surface area (Å²) in [5.41, 5.74) is 0.937. The molecular formula is C20H24N2O4S. The first-order valence-corrected chi connectivity index (χ1v) is 10.4. The molecule has 7 heteroatoms. The van der Waals surface area contributed by atoms with Gasteiger partial charge < -0.3 is 10.1 Å². The molecule has 1 atom stereocenters. The monoisotopic (exact) mass is 388 g/mol. The van der Waals surface area contributed by atoms with Crippen molar-refractivity contribution in [1.29, 1.82) is 0 Å². The van der Waals surface area contributed by atoms with Gasteiger partial charge >= 0.3 is 0 Å². The van der Waals surface area contributed by atoms with Gasteiger partial charge in [0.2, 0.25) is 15.9 Å². The van der Waals surface area contributed by atoms with Gasteiger partial charge in [0.1, 0.15) is 5.75 Å². The molecule has 0 spiro atoms. The van der Waals surface area contributed by atoms with Crippen molar-refractivity contribution in [2.45, 2.75) is 24.3 Å². The zero-order valence-electron chi connectivity index (χ0n) is 15.3. The van der Waals surface area contributed by atoms with Crippen LogP contribution < -0.4 is 10.1 Å². The minimum atomic E-state index is -3.57. The minimum absolute atomic E-state index is 0.120. The molecule has 0 bridgehead atoms. The second-order valence-electron chi connectivity index (χ2n) is 6.58. The van der Waals surface area contributed by atoms with E-state index < -0.39 is 10.0 Å². The standard InChI is InChI=1S/C20H24N2O4S/c1-26-18-9-5-7-16(13-18)14-21-20(23)17-8-6-12-22(15-17)27(24,25)19-10-3-2-4-11-19/h2-5,7,9-11,13,17H,6,8,12,14-15H2,1H3,(H,21,23)/t17-/m1/s1. The molecule has 144 valence electrons. The third-order valence-corrected chi connectivity index (χ3v) is 6.62. The zero-order chi connectivity index (χ0) is 19.3. The van der Waals surface area contributed by atoms with Gasteiger partial charge in [0.15, 0.2) is 0 Å². The predicted molar refractivity (Wildman–Crippen MR) is 103 cm³/mol. The van der Waals surface area contributed by atoms with Crippen LogP contribution in [0.4, 0.5) is 0 Å². The molecule has 1 N–H and O–H groups in total. The molecule has 0 unspecified atom stereocenters. The lowest BCUT2D eigenvalue weighted by atomic mass is 9.99. The lowest BCUT2D eigenvalue weighted by Crippen LogP contribution is -2.45. The Hall–Kier alpha value is -2.38. The number of carbonyl (C=O) groups excluding carboxylic acids is 1. The molecule has 1 fully saturated rings. The Balaban J connectivity index is 1.62. The minimum Gasteiger partial charge on any atom is -0.497 e. The molecule has 0 aliphatic carbocycles. The van der Waals surface area contributed by atoms with Crippen molar-refractivity contribution in [2.75, 3.05) is 20.2 Å². The van der Waals surface area contributed by atoms with Crippen LogP contribution in [0.1, 0.15) is 18.4 Å². The van der Waals surface area contributed by atoms with Crippen molar-refractivity contribution in [1.82, 2.24) is 9.62 Å². The fourth-order valence-corrected chi connectivity index (χ4v) is 4.78. The van der Waals surface area contributed by atoms with Gasteiger partial charge in [0.05, 0.1) is 17.9 Å². The third kappa shape index (κ3) is 4.67. The Morgan fingerprint density at radius 2 is 1.96 bits per heavy atom. The van der Waals surface area contributed by atoms with Gasteiger partial charge in [-0.2, -0.15) is 4.31 Å². The first-order valence-electron chi connectivity index (χ1n) is 8.96. The topological polar surface area (TPSA) is 75.7 Å². The van der Waals surface area contributed by atoms with Crippen LogP contribution in [0.2, 0.25) is 0 Å². The number of hydrogen-bond acceptors (Lipinski definition) is 4. The van der Waals surface area contributed by atoms with Crippen LogP contribution in [0.5, 0.6) is 5.75 Å². The smallest absolute Gasteiger partial charge is 0.243 e. The predicted octanol–water partition coefficient (Wildman–Crippen LogP) is 2.41. The Bertz CT molecular complexity index is 884. The van der Waals surface area contributed by atoms with Gasteiger partial charge in [0, 0.05) is 19.6 Å². The Morgan fingerprint density at radius 3 is 2.70 bits per heavy atom. The van der Waals surface area contributed by atoms with E-state index in [9.17, 15) is 13.2 Å². The molecule has 2 aromatic carbocycles. The molecule has 0 aromatic heterocycles. The Kier molecular flexibility index (Phi) is 6.13. The fourth-order valence-electron chi connectivity index (χ4n) is 3.23. The average Bonchev–Trinajstić information content (AvgIpc) is 2.73. The average molecular weight is 388 g/mol. The highest BCUT2D eigenvalue weighted by Crippen LogP contribution is 2.24. The van der Waals surface area contributed by atoms with Crippen LogP contribution in [0, 0.1) is 5.92 Å². The number of nitrogens with zero attached hydrogens (tertiary/aromatic N) is 1. The van der Waals surface area contributed by atoms with E-state index in [1.165, 1.54) is 4.31 Å². The summed E-state index contributed by atoms with van der Waals surface area (Å²) in [4.78, 5) is 12.8. The van der Waals surface area contributed by atoms with Crippen molar-refractivity contribution in [3.8, 4) is 5.75 Å². The molecule has 6 nitrogen and oxygen atoms in total. The summed E-state index contributed by atoms with van der Waals surface area (Å²) < 4.78 is 32.2. The molecule has 0 radical (unpaired) electrons. The molecule has 1 heterocycles. The Labute approximate surface area is 160 Å². The van der Waals surface area contributed by atoms with Gasteiger partial charge in [0.25, 0.3) is 0 Å². The highest BCUT2D eigenvalue weighted by molar-refractivity contribution is 7.89. The lowest BCUT2D eigenvalue weighted by molar-refractivity contribution is -0.126. The first kappa shape index (κ1) is 19.4. The zero-order valence-corrected chi connectivity index (χ0v) is 16.1. The van der Waals surface area contributed by atoms with E-state index in [4.69, 9.17) is 4.74 Å². The molecule has 1 aliphatic heterocycles. The number of ether oxygens (including phenoxy) is 1. The highest BCUT2D eigenvalue weighted by atomic mass is 32.2. The summed E-state index contributed by atoms with van der Waals surface area (Å²) in [6.45, 7) is 1.04. The van der Waals surface area contributed by atoms with Crippen LogP contribution in [0.15, 0.2) is 59.5 Å². The van der Waals surface area contributed by atoms with Crippen molar-refractivity contribution >= 4 is 15.9 Å². The summed E-state index contributed by atoms with van der Waals surface area (Å²) >= 11 is 0. The highest BCUT2D eigenvalue weighted by Gasteiger charge is 2.33. The lowest BCUT2D eigenvalue weighted by Gasteiger charge is -2.31. The van der Waals surface area contributed by atoms with Crippen LogP contribution in [-0.2, 0) is 21.4 Å². The van der Waals surface area contributed by atoms with E-state index in [-0.39, 0.29) is 23.3 Å². The SMILES string of the molecule is COc1cccc(CNC(=O)[C@@H]2CCCN(S(=O)(=O)c3ccccc3)C2)c1. The maximum absolute atomic E-state index is 12.8. The van der Waals surface area contributed by atoms with Crippen LogP contribution in [-0.4, -0.2) is 38.8 Å². The second-order valence-corrected chi connectivity index (χ2v) is 8.52. The molecule has 27 heavy (non-hydrogen) atoms. The second kappa shape index (κ2) is 8.54. The number of rotatable bonds is 6. The third-order valence-electron chi connectivity index (χ3n) is 4.74. The van der Waals surface area contributed by atoms with Gasteiger partial charge in [-0.25, -0.2) is 8.42 Å². The van der Waals surface area contributed by atoms with Crippen LogP contribution >= 0.6 is 0 Å². The van der Waals surface area contributed by atoms with Crippen molar-refractivity contribution < 1.29 is 17.9 Å². The van der Waals surface area contributed by atoms with Gasteiger partial charge in [-0.15, -0.1) is 0 Å². The van der Waals surface area contributed by atoms with Gasteiger partial charge in [-0.3, -0.25) is 4.79 Å². The van der Waals surface area contributed by atoms with E-state index in [0.717, 1.165) is 11.3 Å². The van der Waals surface area contributed by atoms with Gasteiger partial charge in [-0.1, -0.05) is 30.3 Å². The number of benzene rings is 2. The van der Waals surface area contributed by atoms with E-state index >= 15 is 0 Å². The molecule has 0 saturated carbocycles. The largest absolute Gasteiger partial charge is 0.497 e. The van der Waals surface area contributed by atoms with Crippen molar-refractivity contribution in [2.24, 2.45) is 5.92 Å². The number of nitrogens with one attached hydrogen (secondary N) is 1. The number of amides is 1. The summed E-state index contributed by atoms with van der Waals surface area (Å²) in [6, 6.07) is 15.9. The summed E-state index contributed by atoms with van der Waals surface area (Å²) in [5.74, 6) is 0.271. The normalized spacial score (nSPS) is 18.0. The maximum Gasteiger partial charge on any atom is 0.243 e. The van der Waals surface area contributed by atoms with Crippen LogP contribution in [0.3, 0.4) is 0 Å². The molecule has 3 rings (SSSR count). The van der Waals surface area contributed by atoms with E-state index in [1.807, 2.05) is 24.3 Å². The number of methoxy groups -OCH3 is 1. The fraction of sp³-hybridized carbons (Fsp3) is 0.350. The van der Waals surface area contributed by atoms with E-state index in [1.54, 1.807) is 37.4 Å². The van der Waals surface area contributed by atoms with Crippen molar-refractivity contribution in [3.63, 3.8) is 0 Å². The molecule has 1 aliphatic rings. The maximum atomic E-state index is 12.8. The molecule has 1 saturated heterocycles. The number of hydrogen-bond donors (Lipinski definition) is 1. The number of carbonyl (C=O) groups is 1. The molecule has 2 aromatic rings. The van der Waals surface area contributed by atoms with Gasteiger partial charge in [-0.05, 0) is 42.7 Å². The van der Waals surface area contributed by atoms with Crippen molar-refractivity contribution in [3.05, 3.63) is 60.2 Å². The van der Waals surface area contributed by atoms with E-state index in [0.29, 0.717) is 25.9 Å². The Morgan fingerprint density at radius 1 is 1.19 bits per heavy atom. The van der Waals surface area contributed by atoms with E-state index in [2.05, 4.69) is 5.32 Å². The molecule has 1 amide bonds. The quantitative estimate of drug-likeness (QED) is 0.825. The number of piperidine rings is 1. The summed E-state index contributed by atoms with van der Waals surface area (Å²) in [7, 11) is -1.97. The first-order chi connectivity index (χ1) is 13.0. The summed E-state index contributed by atoms with van der Waals surface area (Å²) in [5, 5.41) is 2.92. The molecular weight excluding hydrogens is 364 g/mol.